The lowest BCUT2D eigenvalue weighted by Gasteiger charge is -2.31. The molecule has 2 fully saturated rings. The summed E-state index contributed by atoms with van der Waals surface area (Å²) in [6.45, 7) is 3.23. The summed E-state index contributed by atoms with van der Waals surface area (Å²) < 4.78 is 20.7. The van der Waals surface area contributed by atoms with E-state index in [-0.39, 0.29) is 18.1 Å². The van der Waals surface area contributed by atoms with Gasteiger partial charge in [-0.1, -0.05) is 17.4 Å². The number of aromatic nitrogens is 3. The molecular formula is C28H36FN5O2S. The fourth-order valence-electron chi connectivity index (χ4n) is 5.98. The Labute approximate surface area is 221 Å². The van der Waals surface area contributed by atoms with Crippen LogP contribution in [0.5, 0.6) is 5.19 Å². The second-order valence-electron chi connectivity index (χ2n) is 11.0. The summed E-state index contributed by atoms with van der Waals surface area (Å²) in [4.78, 5) is 21.6. The van der Waals surface area contributed by atoms with Gasteiger partial charge in [-0.05, 0) is 63.1 Å². The average molecular weight is 526 g/mol. The average Bonchev–Trinajstić information content (AvgIpc) is 3.39. The number of alkyl halides is 1. The number of nitrogens with one attached hydrogen (secondary N) is 1. The molecule has 0 spiro atoms. The number of ether oxygens (including phenoxy) is 1. The quantitative estimate of drug-likeness (QED) is 0.485. The van der Waals surface area contributed by atoms with E-state index in [4.69, 9.17) is 9.72 Å². The van der Waals surface area contributed by atoms with Gasteiger partial charge in [0.15, 0.2) is 0 Å². The Morgan fingerprint density at radius 1 is 1.19 bits per heavy atom. The van der Waals surface area contributed by atoms with Crippen LogP contribution in [0.25, 0.3) is 10.9 Å². The van der Waals surface area contributed by atoms with Crippen molar-refractivity contribution in [3.63, 3.8) is 0 Å². The first-order chi connectivity index (χ1) is 18.0. The van der Waals surface area contributed by atoms with Crippen molar-refractivity contribution in [2.45, 2.75) is 76.1 Å². The third-order valence-electron chi connectivity index (χ3n) is 8.33. The smallest absolute Gasteiger partial charge is 0.273 e. The number of halogens is 1. The molecule has 37 heavy (non-hydrogen) atoms. The predicted octanol–water partition coefficient (Wildman–Crippen LogP) is 4.69. The maximum absolute atomic E-state index is 13.1. The fraction of sp³-hybridized carbons (Fsp3) is 0.607. The van der Waals surface area contributed by atoms with E-state index in [1.165, 1.54) is 29.8 Å². The normalized spacial score (nSPS) is 26.3. The second kappa shape index (κ2) is 10.7. The summed E-state index contributed by atoms with van der Waals surface area (Å²) in [7, 11) is 1.89. The molecule has 0 unspecified atom stereocenters. The van der Waals surface area contributed by atoms with Gasteiger partial charge in [0, 0.05) is 61.9 Å². The molecule has 3 heterocycles. The Balaban J connectivity index is 0.929. The summed E-state index contributed by atoms with van der Waals surface area (Å²) in [6.07, 6.45) is 9.91. The number of carbonyl (C=O) groups excluding carboxylic acids is 1. The van der Waals surface area contributed by atoms with Crippen molar-refractivity contribution in [1.82, 2.24) is 25.0 Å². The molecule has 198 valence electrons. The lowest BCUT2D eigenvalue weighted by atomic mass is 9.84. The predicted molar refractivity (Wildman–Crippen MR) is 143 cm³/mol. The van der Waals surface area contributed by atoms with E-state index < -0.39 is 6.17 Å². The van der Waals surface area contributed by atoms with Gasteiger partial charge in [-0.3, -0.25) is 9.48 Å². The van der Waals surface area contributed by atoms with Crippen LogP contribution in [0.3, 0.4) is 0 Å². The van der Waals surface area contributed by atoms with Crippen LogP contribution in [0.2, 0.25) is 0 Å². The molecule has 7 nitrogen and oxygen atoms in total. The molecule has 0 radical (unpaired) electrons. The fourth-order valence-corrected chi connectivity index (χ4v) is 6.99. The van der Waals surface area contributed by atoms with E-state index in [0.717, 1.165) is 67.3 Å². The highest BCUT2D eigenvalue weighted by Gasteiger charge is 2.32. The zero-order valence-electron chi connectivity index (χ0n) is 21.5. The first-order valence-corrected chi connectivity index (χ1v) is 14.6. The van der Waals surface area contributed by atoms with E-state index in [1.54, 1.807) is 16.0 Å². The van der Waals surface area contributed by atoms with Crippen molar-refractivity contribution >= 4 is 28.1 Å². The van der Waals surface area contributed by atoms with Gasteiger partial charge in [0.25, 0.3) is 11.1 Å². The third-order valence-corrected chi connectivity index (χ3v) is 9.38. The number of nitrogens with zero attached hydrogens (tertiary/aromatic N) is 4. The number of carbonyl (C=O) groups is 1. The molecule has 1 N–H and O–H groups in total. The van der Waals surface area contributed by atoms with Gasteiger partial charge in [0.2, 0.25) is 0 Å². The van der Waals surface area contributed by atoms with E-state index in [9.17, 15) is 9.18 Å². The summed E-state index contributed by atoms with van der Waals surface area (Å²) in [6, 6.07) is 6.00. The Hall–Kier alpha value is -2.52. The number of benzene rings is 1. The van der Waals surface area contributed by atoms with Crippen LogP contribution in [0.15, 0.2) is 24.4 Å². The number of aryl methyl sites for hydroxylation is 1. The molecule has 1 aromatic carbocycles. The van der Waals surface area contributed by atoms with E-state index >= 15 is 0 Å². The van der Waals surface area contributed by atoms with Gasteiger partial charge in [0.1, 0.15) is 12.3 Å². The number of hydrogen-bond donors (Lipinski definition) is 1. The second-order valence-corrected chi connectivity index (χ2v) is 12.1. The topological polar surface area (TPSA) is 72.3 Å². The van der Waals surface area contributed by atoms with Gasteiger partial charge in [0.05, 0.1) is 16.8 Å². The minimum Gasteiger partial charge on any atom is -0.466 e. The Morgan fingerprint density at radius 2 is 2.00 bits per heavy atom. The van der Waals surface area contributed by atoms with E-state index in [2.05, 4.69) is 15.3 Å². The first kappa shape index (κ1) is 24.8. The standard InChI is InChI=1S/C28H36FN5O2S/c1-33-17-23-22(3-2-4-24(23)32-33)27(35)30-20-7-5-18(6-8-20)9-12-34-13-10-25-26(11-14-34)37-28(31-25)36-21-15-19(29)16-21/h2-4,17-21H,5-16H2,1H3,(H,30,35)/t18-,19-,20-,21-. The van der Waals surface area contributed by atoms with Gasteiger partial charge in [-0.2, -0.15) is 5.10 Å². The number of fused-ring (bicyclic) bond motifs is 2. The molecule has 1 aliphatic heterocycles. The molecule has 1 amide bonds. The molecule has 3 aromatic rings. The van der Waals surface area contributed by atoms with E-state index in [0.29, 0.717) is 18.4 Å². The minimum atomic E-state index is -0.696. The van der Waals surface area contributed by atoms with Crippen LogP contribution < -0.4 is 10.1 Å². The molecule has 0 bridgehead atoms. The van der Waals surface area contributed by atoms with Crippen LogP contribution in [0.1, 0.15) is 65.9 Å². The third kappa shape index (κ3) is 5.67. The van der Waals surface area contributed by atoms with Crippen molar-refractivity contribution < 1.29 is 13.9 Å². The van der Waals surface area contributed by atoms with Crippen molar-refractivity contribution in [2.24, 2.45) is 13.0 Å². The molecule has 9 heteroatoms. The number of amides is 1. The lowest BCUT2D eigenvalue weighted by molar-refractivity contribution is 0.0407. The molecule has 6 rings (SSSR count). The molecule has 0 atom stereocenters. The highest BCUT2D eigenvalue weighted by atomic mass is 32.1. The summed E-state index contributed by atoms with van der Waals surface area (Å²) in [5, 5.41) is 9.35. The first-order valence-electron chi connectivity index (χ1n) is 13.7. The SMILES string of the molecule is Cn1cc2c(C(=O)N[C@H]3CC[C@H](CCN4CCc5nc(O[C@H]6C[C@H](F)C6)sc5CC4)CC3)cccc2n1. The van der Waals surface area contributed by atoms with Crippen LogP contribution >= 0.6 is 11.3 Å². The van der Waals surface area contributed by atoms with Crippen LogP contribution in [-0.4, -0.2) is 63.5 Å². The molecule has 2 aromatic heterocycles. The highest BCUT2D eigenvalue weighted by molar-refractivity contribution is 7.13. The highest BCUT2D eigenvalue weighted by Crippen LogP contribution is 2.34. The molecule has 3 aliphatic rings. The molecule has 0 saturated heterocycles. The summed E-state index contributed by atoms with van der Waals surface area (Å²) in [5.41, 5.74) is 2.75. The zero-order valence-corrected chi connectivity index (χ0v) is 22.3. The van der Waals surface area contributed by atoms with Crippen molar-refractivity contribution in [3.05, 3.63) is 40.5 Å². The number of rotatable bonds is 7. The minimum absolute atomic E-state index is 0.0141. The Kier molecular flexibility index (Phi) is 7.16. The van der Waals surface area contributed by atoms with Crippen molar-refractivity contribution in [2.75, 3.05) is 19.6 Å². The van der Waals surface area contributed by atoms with Gasteiger partial charge >= 0.3 is 0 Å². The maximum atomic E-state index is 13.1. The monoisotopic (exact) mass is 525 g/mol. The summed E-state index contributed by atoms with van der Waals surface area (Å²) in [5.74, 6) is 0.743. The lowest BCUT2D eigenvalue weighted by Crippen LogP contribution is -2.38. The van der Waals surface area contributed by atoms with E-state index in [1.807, 2.05) is 31.4 Å². The van der Waals surface area contributed by atoms with Crippen molar-refractivity contribution in [1.29, 1.82) is 0 Å². The van der Waals surface area contributed by atoms with Crippen LogP contribution in [0, 0.1) is 5.92 Å². The number of thiazole rings is 1. The van der Waals surface area contributed by atoms with Gasteiger partial charge in [-0.15, -0.1) is 0 Å². The molecule has 2 saturated carbocycles. The summed E-state index contributed by atoms with van der Waals surface area (Å²) >= 11 is 1.66. The Bertz CT molecular complexity index is 1220. The van der Waals surface area contributed by atoms with Crippen LogP contribution in [0.4, 0.5) is 4.39 Å². The number of hydrogen-bond acceptors (Lipinski definition) is 6. The van der Waals surface area contributed by atoms with Crippen LogP contribution in [-0.2, 0) is 19.9 Å². The zero-order chi connectivity index (χ0) is 25.4. The van der Waals surface area contributed by atoms with Crippen molar-refractivity contribution in [3.8, 4) is 5.19 Å². The van der Waals surface area contributed by atoms with Gasteiger partial charge in [-0.25, -0.2) is 9.37 Å². The maximum Gasteiger partial charge on any atom is 0.273 e. The molecular weight excluding hydrogens is 489 g/mol. The molecule has 2 aliphatic carbocycles. The Morgan fingerprint density at radius 3 is 2.81 bits per heavy atom. The van der Waals surface area contributed by atoms with Gasteiger partial charge < -0.3 is 15.0 Å². The largest absolute Gasteiger partial charge is 0.466 e.